The van der Waals surface area contributed by atoms with E-state index in [1.54, 1.807) is 5.32 Å². The topological polar surface area (TPSA) is 53.6 Å². The van der Waals surface area contributed by atoms with Crippen LogP contribution in [0.1, 0.15) is 0 Å². The van der Waals surface area contributed by atoms with Crippen LogP contribution in [0.2, 0.25) is 0 Å². The predicted molar refractivity (Wildman–Crippen MR) is 75.5 cm³/mol. The van der Waals surface area contributed by atoms with Gasteiger partial charge in [0.25, 0.3) is 5.91 Å². The predicted octanol–water partition coefficient (Wildman–Crippen LogP) is 3.13. The lowest BCUT2D eigenvalue weighted by molar-refractivity contribution is -0.252. The van der Waals surface area contributed by atoms with Crippen LogP contribution in [-0.4, -0.2) is 42.2 Å². The van der Waals surface area contributed by atoms with Gasteiger partial charge in [-0.1, -0.05) is 12.1 Å². The van der Waals surface area contributed by atoms with Crippen LogP contribution in [0.15, 0.2) is 36.5 Å². The molecule has 12 heteroatoms. The third-order valence-electron chi connectivity index (χ3n) is 3.34. The average Bonchev–Trinajstić information content (AvgIpc) is 2.92. The molecular formula is C14H12F7N3O2. The first kappa shape index (κ1) is 19.8. The summed E-state index contributed by atoms with van der Waals surface area (Å²) in [4.78, 5) is 12.2. The molecule has 0 bridgehead atoms. The Balaban J connectivity index is 2.31. The first-order chi connectivity index (χ1) is 11.9. The van der Waals surface area contributed by atoms with Crippen LogP contribution < -0.4 is 15.5 Å². The van der Waals surface area contributed by atoms with E-state index in [9.17, 15) is 35.5 Å². The van der Waals surface area contributed by atoms with Gasteiger partial charge >= 0.3 is 18.7 Å². The number of hydrogen-bond donors (Lipinski definition) is 2. The highest BCUT2D eigenvalue weighted by molar-refractivity contribution is 6.01. The van der Waals surface area contributed by atoms with E-state index < -0.39 is 41.6 Å². The fourth-order valence-corrected chi connectivity index (χ4v) is 2.06. The SMILES string of the molecule is CN1C=CC(C(=O)Nc2ccccc2OC(F)(F)C(F)F)(C(F)(F)F)N1. The summed E-state index contributed by atoms with van der Waals surface area (Å²) in [6, 6.07) is 4.04. The van der Waals surface area contributed by atoms with Crippen molar-refractivity contribution in [2.45, 2.75) is 24.2 Å². The third-order valence-corrected chi connectivity index (χ3v) is 3.34. The molecule has 1 heterocycles. The fourth-order valence-electron chi connectivity index (χ4n) is 2.06. The number of amides is 1. The van der Waals surface area contributed by atoms with Crippen molar-refractivity contribution in [1.29, 1.82) is 0 Å². The molecule has 5 nitrogen and oxygen atoms in total. The van der Waals surface area contributed by atoms with E-state index in [-0.39, 0.29) is 0 Å². The van der Waals surface area contributed by atoms with Crippen LogP contribution in [0, 0.1) is 0 Å². The number of nitrogens with zero attached hydrogens (tertiary/aromatic N) is 1. The van der Waals surface area contributed by atoms with E-state index in [1.807, 2.05) is 5.43 Å². The Morgan fingerprint density at radius 1 is 1.23 bits per heavy atom. The summed E-state index contributed by atoms with van der Waals surface area (Å²) in [5, 5.41) is 2.65. The summed E-state index contributed by atoms with van der Waals surface area (Å²) < 4.78 is 94.6. The van der Waals surface area contributed by atoms with Gasteiger partial charge in [-0.25, -0.2) is 5.43 Å². The molecule has 1 aromatic carbocycles. The van der Waals surface area contributed by atoms with Gasteiger partial charge in [0.15, 0.2) is 0 Å². The second kappa shape index (κ2) is 6.67. The molecule has 1 aliphatic rings. The molecule has 1 unspecified atom stereocenters. The number of benzene rings is 1. The Kier molecular flexibility index (Phi) is 5.08. The lowest BCUT2D eigenvalue weighted by Gasteiger charge is -2.31. The quantitative estimate of drug-likeness (QED) is 0.763. The molecule has 1 amide bonds. The third kappa shape index (κ3) is 3.69. The highest BCUT2D eigenvalue weighted by atomic mass is 19.4. The standard InChI is InChI=1S/C14H12F7N3O2/c1-24-7-6-12(23-24,14(19,20)21)11(25)22-8-4-2-3-5-9(8)26-13(17,18)10(15)16/h2-7,10,23H,1H3,(H,22,25). The van der Waals surface area contributed by atoms with Gasteiger partial charge in [0.2, 0.25) is 5.54 Å². The summed E-state index contributed by atoms with van der Waals surface area (Å²) in [5.41, 5.74) is -1.91. The highest BCUT2D eigenvalue weighted by Gasteiger charge is 2.61. The zero-order valence-corrected chi connectivity index (χ0v) is 13.0. The maximum atomic E-state index is 13.4. The molecule has 0 aliphatic carbocycles. The Morgan fingerprint density at radius 2 is 1.85 bits per heavy atom. The number of carbonyl (C=O) groups excluding carboxylic acids is 1. The minimum Gasteiger partial charge on any atom is -0.426 e. The van der Waals surface area contributed by atoms with Gasteiger partial charge < -0.3 is 15.1 Å². The summed E-state index contributed by atoms with van der Waals surface area (Å²) in [6.07, 6.45) is -12.7. The van der Waals surface area contributed by atoms with Gasteiger partial charge in [-0.05, 0) is 18.2 Å². The maximum Gasteiger partial charge on any atom is 0.461 e. The Morgan fingerprint density at radius 3 is 2.35 bits per heavy atom. The van der Waals surface area contributed by atoms with Crippen LogP contribution in [0.4, 0.5) is 36.4 Å². The normalized spacial score (nSPS) is 20.6. The van der Waals surface area contributed by atoms with Crippen molar-refractivity contribution >= 4 is 11.6 Å². The van der Waals surface area contributed by atoms with Gasteiger partial charge in [0.1, 0.15) is 5.75 Å². The number of nitrogens with one attached hydrogen (secondary N) is 2. The monoisotopic (exact) mass is 387 g/mol. The molecule has 0 aromatic heterocycles. The van der Waals surface area contributed by atoms with Crippen molar-refractivity contribution < 1.29 is 40.3 Å². The van der Waals surface area contributed by atoms with Crippen molar-refractivity contribution in [3.05, 3.63) is 36.5 Å². The molecule has 26 heavy (non-hydrogen) atoms. The molecule has 0 radical (unpaired) electrons. The Labute approximate surface area is 142 Å². The highest BCUT2D eigenvalue weighted by Crippen LogP contribution is 2.37. The number of hydrazine groups is 1. The summed E-state index contributed by atoms with van der Waals surface area (Å²) in [7, 11) is 1.21. The number of alkyl halides is 7. The van der Waals surface area contributed by atoms with Crippen molar-refractivity contribution in [2.75, 3.05) is 12.4 Å². The Hall–Kier alpha value is -2.50. The van der Waals surface area contributed by atoms with Crippen LogP contribution in [-0.2, 0) is 4.79 Å². The number of halogens is 7. The second-order valence-electron chi connectivity index (χ2n) is 5.26. The summed E-state index contributed by atoms with van der Waals surface area (Å²) >= 11 is 0. The minimum absolute atomic E-state index is 0.527. The smallest absolute Gasteiger partial charge is 0.426 e. The molecule has 1 aromatic rings. The number of ether oxygens (including phenoxy) is 1. The number of rotatable bonds is 5. The van der Waals surface area contributed by atoms with E-state index in [1.165, 1.54) is 13.1 Å². The lowest BCUT2D eigenvalue weighted by atomic mass is 9.99. The molecule has 2 rings (SSSR count). The van der Waals surface area contributed by atoms with E-state index >= 15 is 0 Å². The molecule has 1 aliphatic heterocycles. The number of para-hydroxylation sites is 2. The number of carbonyl (C=O) groups is 1. The maximum absolute atomic E-state index is 13.4. The van der Waals surface area contributed by atoms with Gasteiger partial charge in [-0.3, -0.25) is 4.79 Å². The van der Waals surface area contributed by atoms with E-state index in [4.69, 9.17) is 0 Å². The van der Waals surface area contributed by atoms with Crippen molar-refractivity contribution in [3.63, 3.8) is 0 Å². The van der Waals surface area contributed by atoms with Gasteiger partial charge in [0.05, 0.1) is 5.69 Å². The first-order valence-electron chi connectivity index (χ1n) is 6.91. The molecule has 0 fully saturated rings. The van der Waals surface area contributed by atoms with E-state index in [0.29, 0.717) is 6.08 Å². The van der Waals surface area contributed by atoms with Crippen LogP contribution in [0.5, 0.6) is 5.75 Å². The van der Waals surface area contributed by atoms with Crippen LogP contribution in [0.3, 0.4) is 0 Å². The van der Waals surface area contributed by atoms with Gasteiger partial charge in [-0.2, -0.15) is 30.7 Å². The Bertz CT molecular complexity index is 708. The van der Waals surface area contributed by atoms with Crippen LogP contribution >= 0.6 is 0 Å². The fraction of sp³-hybridized carbons (Fsp3) is 0.357. The lowest BCUT2D eigenvalue weighted by Crippen LogP contribution is -2.63. The molecule has 144 valence electrons. The second-order valence-corrected chi connectivity index (χ2v) is 5.26. The summed E-state index contributed by atoms with van der Waals surface area (Å²) in [5.74, 6) is -2.58. The number of hydrogen-bond acceptors (Lipinski definition) is 4. The molecule has 0 saturated carbocycles. The largest absolute Gasteiger partial charge is 0.461 e. The molecule has 1 atom stereocenters. The first-order valence-corrected chi connectivity index (χ1v) is 6.91. The summed E-state index contributed by atoms with van der Waals surface area (Å²) in [6.45, 7) is 0. The van der Waals surface area contributed by atoms with E-state index in [0.717, 1.165) is 29.4 Å². The molecule has 2 N–H and O–H groups in total. The average molecular weight is 387 g/mol. The molecule has 0 spiro atoms. The molecule has 0 saturated heterocycles. The zero-order valence-electron chi connectivity index (χ0n) is 13.0. The van der Waals surface area contributed by atoms with Crippen LogP contribution in [0.25, 0.3) is 0 Å². The van der Waals surface area contributed by atoms with Crippen molar-refractivity contribution in [3.8, 4) is 5.75 Å². The molecular weight excluding hydrogens is 375 g/mol. The van der Waals surface area contributed by atoms with E-state index in [2.05, 4.69) is 4.74 Å². The zero-order chi connectivity index (χ0) is 19.8. The van der Waals surface area contributed by atoms with Gasteiger partial charge in [-0.15, -0.1) is 0 Å². The van der Waals surface area contributed by atoms with Gasteiger partial charge in [0, 0.05) is 13.2 Å². The van der Waals surface area contributed by atoms with Crippen molar-refractivity contribution in [2.24, 2.45) is 0 Å². The van der Waals surface area contributed by atoms with Crippen molar-refractivity contribution in [1.82, 2.24) is 10.4 Å². The number of anilines is 1. The minimum atomic E-state index is -5.08.